The fraction of sp³-hybridized carbons (Fsp3) is 0.263. The Morgan fingerprint density at radius 2 is 1.32 bits per heavy atom. The van der Waals surface area contributed by atoms with Gasteiger partial charge in [0.1, 0.15) is 0 Å². The van der Waals surface area contributed by atoms with Crippen LogP contribution in [0.1, 0.15) is 42.9 Å². The van der Waals surface area contributed by atoms with Crippen LogP contribution in [0.15, 0.2) is 53.0 Å². The molecule has 0 unspecified atom stereocenters. The molecule has 0 nitrogen and oxygen atoms in total. The molecule has 0 fully saturated rings. The van der Waals surface area contributed by atoms with Gasteiger partial charge >= 0.3 is 0 Å². The van der Waals surface area contributed by atoms with Gasteiger partial charge in [-0.2, -0.15) is 0 Å². The first-order valence-corrected chi connectivity index (χ1v) is 8.31. The molecule has 0 spiro atoms. The highest BCUT2D eigenvalue weighted by Gasteiger charge is 2.11. The van der Waals surface area contributed by atoms with E-state index >= 15 is 0 Å². The monoisotopic (exact) mass is 364 g/mol. The predicted octanol–water partition coefficient (Wildman–Crippen LogP) is 6.95. The normalized spacial score (nSPS) is 12.2. The van der Waals surface area contributed by atoms with Gasteiger partial charge in [-0.25, -0.2) is 8.78 Å². The first kappa shape index (κ1) is 16.9. The maximum absolute atomic E-state index is 14.2. The third kappa shape index (κ3) is 4.51. The lowest BCUT2D eigenvalue weighted by Crippen LogP contribution is -1.88. The van der Waals surface area contributed by atoms with E-state index in [0.29, 0.717) is 0 Å². The van der Waals surface area contributed by atoms with E-state index in [9.17, 15) is 8.78 Å². The van der Waals surface area contributed by atoms with Crippen molar-refractivity contribution in [1.29, 1.82) is 0 Å². The summed E-state index contributed by atoms with van der Waals surface area (Å²) in [5.74, 6) is -1.64. The highest BCUT2D eigenvalue weighted by molar-refractivity contribution is 9.10. The van der Waals surface area contributed by atoms with Gasteiger partial charge in [0.25, 0.3) is 0 Å². The fourth-order valence-corrected chi connectivity index (χ4v) is 2.51. The summed E-state index contributed by atoms with van der Waals surface area (Å²) in [4.78, 5) is 0. The van der Waals surface area contributed by atoms with E-state index < -0.39 is 11.7 Å². The lowest BCUT2D eigenvalue weighted by molar-refractivity contribution is 0.699. The summed E-state index contributed by atoms with van der Waals surface area (Å²) in [7, 11) is 0. The standard InChI is InChI=1S/C19H19BrF2/c1-2-3-4-5-14-6-8-15(9-7-14)18(21)19(22)16-10-12-17(20)13-11-16/h6-13H,2-5H2,1H3/b19-18-. The van der Waals surface area contributed by atoms with E-state index in [2.05, 4.69) is 22.9 Å². The minimum atomic E-state index is -0.828. The minimum absolute atomic E-state index is 0.243. The van der Waals surface area contributed by atoms with Crippen molar-refractivity contribution >= 4 is 27.6 Å². The molecule has 2 rings (SSSR count). The molecule has 0 aliphatic heterocycles. The van der Waals surface area contributed by atoms with Gasteiger partial charge in [-0.1, -0.05) is 72.1 Å². The molecule has 0 amide bonds. The molecule has 0 radical (unpaired) electrons. The number of hydrogen-bond acceptors (Lipinski definition) is 0. The molecule has 0 heterocycles. The van der Waals surface area contributed by atoms with Crippen molar-refractivity contribution in [3.8, 4) is 0 Å². The van der Waals surface area contributed by atoms with Gasteiger partial charge < -0.3 is 0 Å². The van der Waals surface area contributed by atoms with Crippen LogP contribution in [-0.2, 0) is 6.42 Å². The molecule has 0 N–H and O–H groups in total. The Balaban J connectivity index is 2.15. The summed E-state index contributed by atoms with van der Waals surface area (Å²) in [6.45, 7) is 2.16. The number of hydrogen-bond donors (Lipinski definition) is 0. The van der Waals surface area contributed by atoms with Gasteiger partial charge in [0.15, 0.2) is 11.7 Å². The maximum Gasteiger partial charge on any atom is 0.166 e. The topological polar surface area (TPSA) is 0 Å². The molecule has 0 aromatic heterocycles. The van der Waals surface area contributed by atoms with E-state index in [-0.39, 0.29) is 11.1 Å². The Labute approximate surface area is 139 Å². The van der Waals surface area contributed by atoms with Crippen molar-refractivity contribution in [3.05, 3.63) is 69.7 Å². The average Bonchev–Trinajstić information content (AvgIpc) is 2.55. The summed E-state index contributed by atoms with van der Waals surface area (Å²) in [5.41, 5.74) is 1.68. The smallest absolute Gasteiger partial charge is 0.166 e. The van der Waals surface area contributed by atoms with Crippen LogP contribution in [0.25, 0.3) is 11.7 Å². The Morgan fingerprint density at radius 1 is 0.818 bits per heavy atom. The Kier molecular flexibility index (Phi) is 6.32. The molecule has 0 saturated heterocycles. The van der Waals surface area contributed by atoms with Gasteiger partial charge in [-0.3, -0.25) is 0 Å². The van der Waals surface area contributed by atoms with E-state index in [1.165, 1.54) is 12.8 Å². The third-order valence-corrected chi connectivity index (χ3v) is 4.10. The lowest BCUT2D eigenvalue weighted by atomic mass is 10.0. The number of halogens is 3. The maximum atomic E-state index is 14.2. The lowest BCUT2D eigenvalue weighted by Gasteiger charge is -2.05. The van der Waals surface area contributed by atoms with Crippen molar-refractivity contribution in [1.82, 2.24) is 0 Å². The zero-order chi connectivity index (χ0) is 15.9. The largest absolute Gasteiger partial charge is 0.203 e. The predicted molar refractivity (Wildman–Crippen MR) is 92.8 cm³/mol. The molecular weight excluding hydrogens is 346 g/mol. The zero-order valence-corrected chi connectivity index (χ0v) is 14.2. The van der Waals surface area contributed by atoms with Crippen LogP contribution >= 0.6 is 15.9 Å². The van der Waals surface area contributed by atoms with E-state index in [0.717, 1.165) is 22.9 Å². The molecule has 0 bridgehead atoms. The van der Waals surface area contributed by atoms with Crippen LogP contribution in [0.4, 0.5) is 8.78 Å². The summed E-state index contributed by atoms with van der Waals surface area (Å²) in [5, 5.41) is 0. The number of rotatable bonds is 6. The first-order chi connectivity index (χ1) is 10.6. The first-order valence-electron chi connectivity index (χ1n) is 7.52. The molecule has 0 aliphatic rings. The van der Waals surface area contributed by atoms with Crippen molar-refractivity contribution in [2.24, 2.45) is 0 Å². The Morgan fingerprint density at radius 3 is 1.82 bits per heavy atom. The van der Waals surface area contributed by atoms with Gasteiger partial charge in [0.05, 0.1) is 0 Å². The van der Waals surface area contributed by atoms with E-state index in [4.69, 9.17) is 0 Å². The van der Waals surface area contributed by atoms with Crippen LogP contribution in [-0.4, -0.2) is 0 Å². The highest BCUT2D eigenvalue weighted by atomic mass is 79.9. The zero-order valence-electron chi connectivity index (χ0n) is 12.6. The molecule has 116 valence electrons. The van der Waals surface area contributed by atoms with Crippen LogP contribution in [0.2, 0.25) is 0 Å². The number of aryl methyl sites for hydroxylation is 1. The molecular formula is C19H19BrF2. The van der Waals surface area contributed by atoms with Gasteiger partial charge in [-0.15, -0.1) is 0 Å². The van der Waals surface area contributed by atoms with E-state index in [1.807, 2.05) is 12.1 Å². The fourth-order valence-electron chi connectivity index (χ4n) is 2.25. The van der Waals surface area contributed by atoms with Crippen LogP contribution in [0.3, 0.4) is 0 Å². The SMILES string of the molecule is CCCCCc1ccc(/C(F)=C(/F)c2ccc(Br)cc2)cc1. The molecule has 3 heteroatoms. The summed E-state index contributed by atoms with van der Waals surface area (Å²) in [6, 6.07) is 13.5. The van der Waals surface area contributed by atoms with Crippen molar-refractivity contribution < 1.29 is 8.78 Å². The molecule has 0 saturated carbocycles. The molecule has 0 aliphatic carbocycles. The quantitative estimate of drug-likeness (QED) is 0.384. The van der Waals surface area contributed by atoms with Crippen molar-refractivity contribution in [2.75, 3.05) is 0 Å². The van der Waals surface area contributed by atoms with Crippen molar-refractivity contribution in [3.63, 3.8) is 0 Å². The minimum Gasteiger partial charge on any atom is -0.203 e. The Bertz CT molecular complexity index is 627. The Hall–Kier alpha value is -1.48. The number of unbranched alkanes of at least 4 members (excludes halogenated alkanes) is 2. The second-order valence-corrected chi connectivity index (χ2v) is 6.20. The molecule has 22 heavy (non-hydrogen) atoms. The van der Waals surface area contributed by atoms with Crippen molar-refractivity contribution in [2.45, 2.75) is 32.6 Å². The van der Waals surface area contributed by atoms with Crippen LogP contribution in [0.5, 0.6) is 0 Å². The second kappa shape index (κ2) is 8.23. The third-order valence-electron chi connectivity index (χ3n) is 3.57. The summed E-state index contributed by atoms with van der Waals surface area (Å²) >= 11 is 3.28. The van der Waals surface area contributed by atoms with Gasteiger partial charge in [0, 0.05) is 15.6 Å². The molecule has 2 aromatic rings. The highest BCUT2D eigenvalue weighted by Crippen LogP contribution is 2.29. The van der Waals surface area contributed by atoms with Gasteiger partial charge in [-0.05, 0) is 30.5 Å². The summed E-state index contributed by atoms with van der Waals surface area (Å²) in [6.07, 6.45) is 4.47. The summed E-state index contributed by atoms with van der Waals surface area (Å²) < 4.78 is 29.3. The molecule has 2 aromatic carbocycles. The van der Waals surface area contributed by atoms with E-state index in [1.54, 1.807) is 36.4 Å². The number of benzene rings is 2. The molecule has 0 atom stereocenters. The average molecular weight is 365 g/mol. The second-order valence-electron chi connectivity index (χ2n) is 5.29. The van der Waals surface area contributed by atoms with Gasteiger partial charge in [0.2, 0.25) is 0 Å². The van der Waals surface area contributed by atoms with Crippen LogP contribution in [0, 0.1) is 0 Å². The van der Waals surface area contributed by atoms with Crippen LogP contribution < -0.4 is 0 Å².